The van der Waals surface area contributed by atoms with Crippen molar-refractivity contribution in [3.63, 3.8) is 0 Å². The summed E-state index contributed by atoms with van der Waals surface area (Å²) in [6, 6.07) is 6.57. The summed E-state index contributed by atoms with van der Waals surface area (Å²) in [4.78, 5) is 4.77. The topological polar surface area (TPSA) is 83.8 Å². The summed E-state index contributed by atoms with van der Waals surface area (Å²) in [5, 5.41) is 21.6. The van der Waals surface area contributed by atoms with Gasteiger partial charge in [-0.3, -0.25) is 4.68 Å². The summed E-state index contributed by atoms with van der Waals surface area (Å²) in [5.41, 5.74) is 3.43. The molecule has 1 fully saturated rings. The number of hydrogen-bond acceptors (Lipinski definition) is 6. The van der Waals surface area contributed by atoms with Gasteiger partial charge in [0.1, 0.15) is 17.3 Å². The van der Waals surface area contributed by atoms with Crippen LogP contribution >= 0.6 is 11.8 Å². The SMILES string of the molecule is Cc1c(-c2cc(Sc3ncccc3F)c3c(C#N)cnn3c2)cnn1[C@H]1CCNC[C@H]1F. The minimum Gasteiger partial charge on any atom is -0.314 e. The predicted molar refractivity (Wildman–Crippen MR) is 116 cm³/mol. The third-order valence-electron chi connectivity index (χ3n) is 5.67. The Bertz CT molecular complexity index is 1340. The summed E-state index contributed by atoms with van der Waals surface area (Å²) < 4.78 is 32.2. The number of nitrogens with zero attached hydrogens (tertiary/aromatic N) is 6. The van der Waals surface area contributed by atoms with Gasteiger partial charge >= 0.3 is 0 Å². The highest BCUT2D eigenvalue weighted by Crippen LogP contribution is 2.37. The van der Waals surface area contributed by atoms with Gasteiger partial charge in [0, 0.05) is 40.7 Å². The van der Waals surface area contributed by atoms with Gasteiger partial charge in [-0.1, -0.05) is 11.8 Å². The van der Waals surface area contributed by atoms with Crippen molar-refractivity contribution < 1.29 is 8.78 Å². The summed E-state index contributed by atoms with van der Waals surface area (Å²) in [6.45, 7) is 2.97. The molecule has 5 rings (SSSR count). The third-order valence-corrected chi connectivity index (χ3v) is 6.70. The lowest BCUT2D eigenvalue weighted by atomic mass is 10.0. The molecule has 0 saturated carbocycles. The molecule has 0 aromatic carbocycles. The molecule has 0 aliphatic carbocycles. The molecule has 10 heteroatoms. The molecular weight excluding hydrogens is 432 g/mol. The fourth-order valence-electron chi connectivity index (χ4n) is 4.07. The number of halogens is 2. The van der Waals surface area contributed by atoms with E-state index in [1.807, 2.05) is 13.0 Å². The van der Waals surface area contributed by atoms with Gasteiger partial charge in [-0.2, -0.15) is 15.5 Å². The van der Waals surface area contributed by atoms with E-state index in [-0.39, 0.29) is 11.1 Å². The van der Waals surface area contributed by atoms with E-state index in [9.17, 15) is 14.0 Å². The number of aromatic nitrogens is 5. The van der Waals surface area contributed by atoms with Gasteiger partial charge in [-0.25, -0.2) is 18.3 Å². The molecule has 162 valence electrons. The Balaban J connectivity index is 1.62. The van der Waals surface area contributed by atoms with Gasteiger partial charge in [-0.05, 0) is 38.1 Å². The minimum atomic E-state index is -1.01. The van der Waals surface area contributed by atoms with E-state index in [2.05, 4.69) is 26.6 Å². The first kappa shape index (κ1) is 20.6. The van der Waals surface area contributed by atoms with Gasteiger partial charge < -0.3 is 5.32 Å². The molecule has 1 aliphatic heterocycles. The number of rotatable bonds is 4. The normalized spacial score (nSPS) is 18.7. The van der Waals surface area contributed by atoms with Crippen LogP contribution in [-0.2, 0) is 0 Å². The first-order chi connectivity index (χ1) is 15.6. The molecule has 1 N–H and O–H groups in total. The van der Waals surface area contributed by atoms with Crippen LogP contribution < -0.4 is 5.32 Å². The second-order valence-electron chi connectivity index (χ2n) is 7.61. The third kappa shape index (κ3) is 3.53. The van der Waals surface area contributed by atoms with Crippen molar-refractivity contribution in [3.05, 3.63) is 60.1 Å². The molecule has 0 spiro atoms. The first-order valence-corrected chi connectivity index (χ1v) is 11.0. The van der Waals surface area contributed by atoms with Crippen LogP contribution in [0.3, 0.4) is 0 Å². The Morgan fingerprint density at radius 2 is 2.19 bits per heavy atom. The highest BCUT2D eigenvalue weighted by Gasteiger charge is 2.28. The monoisotopic (exact) mass is 451 g/mol. The Hall–Kier alpha value is -3.29. The van der Waals surface area contributed by atoms with Crippen LogP contribution in [0.15, 0.2) is 52.9 Å². The molecule has 0 radical (unpaired) electrons. The summed E-state index contributed by atoms with van der Waals surface area (Å²) in [7, 11) is 0. The highest BCUT2D eigenvalue weighted by molar-refractivity contribution is 7.99. The maximum atomic E-state index is 14.5. The second kappa shape index (κ2) is 8.33. The molecule has 2 atom stereocenters. The summed E-state index contributed by atoms with van der Waals surface area (Å²) in [6.07, 6.45) is 6.17. The summed E-state index contributed by atoms with van der Waals surface area (Å²) in [5.74, 6) is -0.442. The van der Waals surface area contributed by atoms with E-state index < -0.39 is 12.0 Å². The van der Waals surface area contributed by atoms with Crippen LogP contribution in [0.2, 0.25) is 0 Å². The second-order valence-corrected chi connectivity index (χ2v) is 8.64. The Morgan fingerprint density at radius 1 is 1.31 bits per heavy atom. The standard InChI is InChI=1S/C22H19F2N7S/c1-13-16(10-29-31(13)19-4-6-26-11-18(19)24)14-7-20(32-22-17(23)3-2-5-27-22)21-15(8-25)9-28-30(21)12-14/h2-3,5,7,9-10,12,18-19,26H,4,6,11H2,1H3/t18-,19+/m1/s1. The number of fused-ring (bicyclic) bond motifs is 1. The number of pyridine rings is 2. The van der Waals surface area contributed by atoms with Crippen molar-refractivity contribution in [2.75, 3.05) is 13.1 Å². The van der Waals surface area contributed by atoms with Crippen molar-refractivity contribution in [1.29, 1.82) is 5.26 Å². The lowest BCUT2D eigenvalue weighted by molar-refractivity contribution is 0.171. The lowest BCUT2D eigenvalue weighted by Crippen LogP contribution is -2.39. The van der Waals surface area contributed by atoms with E-state index in [0.29, 0.717) is 28.9 Å². The Labute approximate surface area is 187 Å². The van der Waals surface area contributed by atoms with Crippen LogP contribution in [0, 0.1) is 24.1 Å². The smallest absolute Gasteiger partial charge is 0.155 e. The molecule has 1 saturated heterocycles. The molecule has 0 amide bonds. The van der Waals surface area contributed by atoms with Crippen molar-refractivity contribution in [2.45, 2.75) is 35.5 Å². The molecule has 0 bridgehead atoms. The van der Waals surface area contributed by atoms with Gasteiger partial charge in [0.05, 0.1) is 29.5 Å². The number of nitrogens with one attached hydrogen (secondary N) is 1. The number of hydrogen-bond donors (Lipinski definition) is 1. The van der Waals surface area contributed by atoms with Gasteiger partial charge in [0.15, 0.2) is 5.82 Å². The lowest BCUT2D eigenvalue weighted by Gasteiger charge is -2.28. The first-order valence-electron chi connectivity index (χ1n) is 10.2. The molecule has 4 aromatic rings. The molecule has 1 aliphatic rings. The Kier molecular flexibility index (Phi) is 5.36. The zero-order valence-corrected chi connectivity index (χ0v) is 18.0. The van der Waals surface area contributed by atoms with E-state index in [0.717, 1.165) is 35.1 Å². The molecule has 7 nitrogen and oxygen atoms in total. The molecule has 4 aromatic heterocycles. The van der Waals surface area contributed by atoms with Crippen molar-refractivity contribution in [2.24, 2.45) is 0 Å². The van der Waals surface area contributed by atoms with E-state index in [1.54, 1.807) is 21.6 Å². The van der Waals surface area contributed by atoms with Crippen molar-refractivity contribution in [3.8, 4) is 17.2 Å². The van der Waals surface area contributed by atoms with Crippen LogP contribution in [0.25, 0.3) is 16.6 Å². The predicted octanol–water partition coefficient (Wildman–Crippen LogP) is 3.94. The van der Waals surface area contributed by atoms with Crippen LogP contribution in [-0.4, -0.2) is 43.6 Å². The number of nitriles is 1. The van der Waals surface area contributed by atoms with Crippen LogP contribution in [0.5, 0.6) is 0 Å². The number of piperidine rings is 1. The fourth-order valence-corrected chi connectivity index (χ4v) is 5.04. The molecule has 0 unspecified atom stereocenters. The van der Waals surface area contributed by atoms with Crippen molar-refractivity contribution >= 4 is 17.3 Å². The molecule has 5 heterocycles. The van der Waals surface area contributed by atoms with Crippen LogP contribution in [0.4, 0.5) is 8.78 Å². The van der Waals surface area contributed by atoms with Crippen molar-refractivity contribution in [1.82, 2.24) is 29.7 Å². The van der Waals surface area contributed by atoms with E-state index in [1.165, 1.54) is 24.5 Å². The van der Waals surface area contributed by atoms with E-state index >= 15 is 0 Å². The minimum absolute atomic E-state index is 0.207. The summed E-state index contributed by atoms with van der Waals surface area (Å²) >= 11 is 1.13. The van der Waals surface area contributed by atoms with Gasteiger partial charge in [0.25, 0.3) is 0 Å². The molecular formula is C22H19F2N7S. The average Bonchev–Trinajstić information content (AvgIpc) is 3.39. The van der Waals surface area contributed by atoms with E-state index in [4.69, 9.17) is 0 Å². The maximum Gasteiger partial charge on any atom is 0.155 e. The maximum absolute atomic E-state index is 14.5. The number of alkyl halides is 1. The zero-order chi connectivity index (χ0) is 22.2. The largest absolute Gasteiger partial charge is 0.314 e. The Morgan fingerprint density at radius 3 is 2.97 bits per heavy atom. The van der Waals surface area contributed by atoms with Crippen LogP contribution in [0.1, 0.15) is 23.7 Å². The quantitative estimate of drug-likeness (QED) is 0.506. The van der Waals surface area contributed by atoms with Gasteiger partial charge in [-0.15, -0.1) is 0 Å². The van der Waals surface area contributed by atoms with Gasteiger partial charge in [0.2, 0.25) is 0 Å². The molecule has 32 heavy (non-hydrogen) atoms. The zero-order valence-electron chi connectivity index (χ0n) is 17.2. The highest BCUT2D eigenvalue weighted by atomic mass is 32.2. The average molecular weight is 452 g/mol. The fraction of sp³-hybridized carbons (Fsp3) is 0.273.